The molecular formula is C29H37NO5. The molecule has 35 heavy (non-hydrogen) atoms. The lowest BCUT2D eigenvalue weighted by molar-refractivity contribution is 0.0356. The van der Waals surface area contributed by atoms with Crippen LogP contribution in [-0.4, -0.2) is 31.4 Å². The highest BCUT2D eigenvalue weighted by atomic mass is 16.5. The Labute approximate surface area is 208 Å². The first-order valence-electron chi connectivity index (χ1n) is 11.8. The summed E-state index contributed by atoms with van der Waals surface area (Å²) in [5, 5.41) is 13.6. The van der Waals surface area contributed by atoms with Gasteiger partial charge in [0.15, 0.2) is 0 Å². The van der Waals surface area contributed by atoms with Crippen molar-refractivity contribution in [1.82, 2.24) is 5.32 Å². The highest BCUT2D eigenvalue weighted by molar-refractivity contribution is 5.38. The summed E-state index contributed by atoms with van der Waals surface area (Å²) in [6.45, 7) is 7.76. The van der Waals surface area contributed by atoms with Crippen LogP contribution in [0.3, 0.4) is 0 Å². The van der Waals surface area contributed by atoms with Crippen LogP contribution in [0.1, 0.15) is 49.1 Å². The SMILES string of the molecule is COc1ccc(COc2ccc(C(CNC(C)(C)C)OCc3ccc(OC)cc3)cc2CO)cc1. The van der Waals surface area contributed by atoms with Gasteiger partial charge in [0.25, 0.3) is 0 Å². The van der Waals surface area contributed by atoms with Gasteiger partial charge in [0.1, 0.15) is 23.9 Å². The Hall–Kier alpha value is -3.06. The standard InChI is InChI=1S/C29H37NO5/c1-29(2,3)30-17-28(35-20-22-8-13-26(33-5)14-9-22)23-10-15-27(24(16-23)18-31)34-19-21-6-11-25(32-4)12-7-21/h6-16,28,30-31H,17-20H2,1-5H3. The van der Waals surface area contributed by atoms with Crippen LogP contribution >= 0.6 is 0 Å². The Kier molecular flexibility index (Phi) is 9.55. The van der Waals surface area contributed by atoms with Gasteiger partial charge in [-0.05, 0) is 73.9 Å². The Bertz CT molecular complexity index is 1040. The van der Waals surface area contributed by atoms with Crippen molar-refractivity contribution in [2.24, 2.45) is 0 Å². The summed E-state index contributed by atoms with van der Waals surface area (Å²) < 4.78 is 22.8. The van der Waals surface area contributed by atoms with Crippen molar-refractivity contribution in [3.05, 3.63) is 89.0 Å². The number of hydrogen-bond acceptors (Lipinski definition) is 6. The average molecular weight is 480 g/mol. The quantitative estimate of drug-likeness (QED) is 0.361. The maximum Gasteiger partial charge on any atom is 0.125 e. The number of hydrogen-bond donors (Lipinski definition) is 2. The minimum Gasteiger partial charge on any atom is -0.497 e. The number of aliphatic hydroxyl groups excluding tert-OH is 1. The predicted molar refractivity (Wildman–Crippen MR) is 138 cm³/mol. The van der Waals surface area contributed by atoms with Crippen molar-refractivity contribution in [3.8, 4) is 17.2 Å². The molecule has 6 heteroatoms. The topological polar surface area (TPSA) is 69.2 Å². The zero-order valence-corrected chi connectivity index (χ0v) is 21.3. The molecule has 2 N–H and O–H groups in total. The van der Waals surface area contributed by atoms with E-state index in [1.165, 1.54) is 0 Å². The molecule has 1 unspecified atom stereocenters. The molecule has 0 saturated carbocycles. The van der Waals surface area contributed by atoms with E-state index in [1.54, 1.807) is 14.2 Å². The molecule has 6 nitrogen and oxygen atoms in total. The van der Waals surface area contributed by atoms with Crippen LogP contribution in [0.2, 0.25) is 0 Å². The summed E-state index contributed by atoms with van der Waals surface area (Å²) in [7, 11) is 3.30. The molecule has 0 amide bonds. The molecule has 0 heterocycles. The molecule has 3 aromatic carbocycles. The van der Waals surface area contributed by atoms with Crippen LogP contribution in [0.15, 0.2) is 66.7 Å². The van der Waals surface area contributed by atoms with Gasteiger partial charge in [-0.2, -0.15) is 0 Å². The molecule has 0 bridgehead atoms. The van der Waals surface area contributed by atoms with E-state index in [9.17, 15) is 5.11 Å². The molecule has 1 atom stereocenters. The van der Waals surface area contributed by atoms with Gasteiger partial charge in [-0.3, -0.25) is 0 Å². The Morgan fingerprint density at radius 1 is 0.800 bits per heavy atom. The van der Waals surface area contributed by atoms with Crippen molar-refractivity contribution in [2.75, 3.05) is 20.8 Å². The Balaban J connectivity index is 1.73. The minimum atomic E-state index is -0.197. The molecule has 0 aliphatic rings. The third kappa shape index (κ3) is 8.28. The fraction of sp³-hybridized carbons (Fsp3) is 0.379. The lowest BCUT2D eigenvalue weighted by Crippen LogP contribution is -2.39. The molecule has 3 rings (SSSR count). The number of nitrogens with one attached hydrogen (secondary N) is 1. The van der Waals surface area contributed by atoms with Crippen LogP contribution in [-0.2, 0) is 24.6 Å². The van der Waals surface area contributed by atoms with Crippen molar-refractivity contribution in [3.63, 3.8) is 0 Å². The molecule has 3 aromatic rings. The molecule has 0 fully saturated rings. The van der Waals surface area contributed by atoms with Gasteiger partial charge in [0.05, 0.1) is 33.5 Å². The maximum absolute atomic E-state index is 10.0. The Morgan fingerprint density at radius 3 is 1.89 bits per heavy atom. The number of methoxy groups -OCH3 is 2. The normalized spacial score (nSPS) is 12.3. The molecule has 188 valence electrons. The average Bonchev–Trinajstić information content (AvgIpc) is 2.87. The van der Waals surface area contributed by atoms with Gasteiger partial charge >= 0.3 is 0 Å². The molecule has 0 aliphatic carbocycles. The van der Waals surface area contributed by atoms with Crippen molar-refractivity contribution in [2.45, 2.75) is 52.2 Å². The third-order valence-electron chi connectivity index (χ3n) is 5.61. The van der Waals surface area contributed by atoms with Crippen LogP contribution in [0.5, 0.6) is 17.2 Å². The molecule has 0 aliphatic heterocycles. The number of ether oxygens (including phenoxy) is 4. The van der Waals surface area contributed by atoms with E-state index in [0.717, 1.165) is 33.8 Å². The maximum atomic E-state index is 10.0. The van der Waals surface area contributed by atoms with Crippen molar-refractivity contribution >= 4 is 0 Å². The fourth-order valence-electron chi connectivity index (χ4n) is 3.54. The van der Waals surface area contributed by atoms with E-state index in [0.29, 0.717) is 25.5 Å². The zero-order valence-electron chi connectivity index (χ0n) is 21.3. The second-order valence-electron chi connectivity index (χ2n) is 9.44. The smallest absolute Gasteiger partial charge is 0.125 e. The van der Waals surface area contributed by atoms with E-state index < -0.39 is 0 Å². The first kappa shape index (κ1) is 26.5. The van der Waals surface area contributed by atoms with Crippen molar-refractivity contribution < 1.29 is 24.1 Å². The van der Waals surface area contributed by atoms with E-state index in [2.05, 4.69) is 26.1 Å². The summed E-state index contributed by atoms with van der Waals surface area (Å²) in [5.41, 5.74) is 3.74. The lowest BCUT2D eigenvalue weighted by atomic mass is 10.0. The molecule has 0 saturated heterocycles. The number of aliphatic hydroxyl groups is 1. The second-order valence-corrected chi connectivity index (χ2v) is 9.44. The van der Waals surface area contributed by atoms with Gasteiger partial charge in [0, 0.05) is 17.6 Å². The van der Waals surface area contributed by atoms with Gasteiger partial charge in [-0.15, -0.1) is 0 Å². The van der Waals surface area contributed by atoms with E-state index >= 15 is 0 Å². The minimum absolute atomic E-state index is 0.0526. The summed E-state index contributed by atoms with van der Waals surface area (Å²) in [5.74, 6) is 2.28. The lowest BCUT2D eigenvalue weighted by Gasteiger charge is -2.26. The summed E-state index contributed by atoms with van der Waals surface area (Å²) >= 11 is 0. The zero-order chi connectivity index (χ0) is 25.3. The first-order valence-corrected chi connectivity index (χ1v) is 11.8. The molecular weight excluding hydrogens is 442 g/mol. The van der Waals surface area contributed by atoms with Gasteiger partial charge in [-0.1, -0.05) is 30.3 Å². The van der Waals surface area contributed by atoms with Crippen LogP contribution < -0.4 is 19.5 Å². The predicted octanol–water partition coefficient (Wildman–Crippen LogP) is 5.42. The second kappa shape index (κ2) is 12.6. The fourth-order valence-corrected chi connectivity index (χ4v) is 3.54. The van der Waals surface area contributed by atoms with Gasteiger partial charge < -0.3 is 29.4 Å². The molecule has 0 spiro atoms. The van der Waals surface area contributed by atoms with Gasteiger partial charge in [-0.25, -0.2) is 0 Å². The van der Waals surface area contributed by atoms with Crippen molar-refractivity contribution in [1.29, 1.82) is 0 Å². The van der Waals surface area contributed by atoms with Crippen LogP contribution in [0.4, 0.5) is 0 Å². The Morgan fingerprint density at radius 2 is 1.37 bits per heavy atom. The van der Waals surface area contributed by atoms with Crippen LogP contribution in [0.25, 0.3) is 0 Å². The van der Waals surface area contributed by atoms with E-state index in [1.807, 2.05) is 66.7 Å². The summed E-state index contributed by atoms with van der Waals surface area (Å²) in [6.07, 6.45) is -0.197. The highest BCUT2D eigenvalue weighted by Crippen LogP contribution is 2.28. The van der Waals surface area contributed by atoms with E-state index in [4.69, 9.17) is 18.9 Å². The molecule has 0 aromatic heterocycles. The first-order chi connectivity index (χ1) is 16.8. The van der Waals surface area contributed by atoms with E-state index in [-0.39, 0.29) is 18.2 Å². The highest BCUT2D eigenvalue weighted by Gasteiger charge is 2.18. The molecule has 0 radical (unpaired) electrons. The van der Waals surface area contributed by atoms with Crippen LogP contribution in [0, 0.1) is 0 Å². The summed E-state index contributed by atoms with van der Waals surface area (Å²) in [6, 6.07) is 21.5. The number of benzene rings is 3. The monoisotopic (exact) mass is 479 g/mol. The number of rotatable bonds is 12. The largest absolute Gasteiger partial charge is 0.497 e. The van der Waals surface area contributed by atoms with Gasteiger partial charge in [0.2, 0.25) is 0 Å². The summed E-state index contributed by atoms with van der Waals surface area (Å²) in [4.78, 5) is 0. The third-order valence-corrected chi connectivity index (χ3v) is 5.61.